The molecule has 2 saturated heterocycles. The summed E-state index contributed by atoms with van der Waals surface area (Å²) >= 11 is 0. The smallest absolute Gasteiger partial charge is 0.243 e. The van der Waals surface area contributed by atoms with Crippen LogP contribution in [0.15, 0.2) is 0 Å². The monoisotopic (exact) mass is 360 g/mol. The summed E-state index contributed by atoms with van der Waals surface area (Å²) in [6, 6.07) is 2.30. The van der Waals surface area contributed by atoms with Crippen LogP contribution in [-0.2, 0) is 23.1 Å². The Balaban J connectivity index is 1.74. The molecule has 0 radical (unpaired) electrons. The van der Waals surface area contributed by atoms with E-state index in [1.807, 2.05) is 30.6 Å². The topological polar surface area (TPSA) is 87.3 Å². The third-order valence-corrected chi connectivity index (χ3v) is 5.50. The van der Waals surface area contributed by atoms with Gasteiger partial charge >= 0.3 is 0 Å². The molecule has 1 unspecified atom stereocenters. The number of nitrogens with zero attached hydrogens (tertiary/aromatic N) is 6. The number of rotatable bonds is 4. The molecule has 0 saturated carbocycles. The Morgan fingerprint density at radius 1 is 1.38 bits per heavy atom. The first kappa shape index (κ1) is 18.8. The Labute approximate surface area is 154 Å². The van der Waals surface area contributed by atoms with E-state index in [-0.39, 0.29) is 11.8 Å². The second-order valence-corrected chi connectivity index (χ2v) is 7.67. The fraction of sp³-hybridized carbons (Fsp3) is 0.778. The Morgan fingerprint density at radius 3 is 2.77 bits per heavy atom. The fourth-order valence-electron chi connectivity index (χ4n) is 3.92. The maximum Gasteiger partial charge on any atom is 0.243 e. The van der Waals surface area contributed by atoms with Crippen molar-refractivity contribution >= 4 is 5.91 Å². The number of ether oxygens (including phenoxy) is 1. The largest absolute Gasteiger partial charge is 0.381 e. The Bertz CT molecular complexity index is 686. The quantitative estimate of drug-likeness (QED) is 0.793. The zero-order chi connectivity index (χ0) is 18.7. The summed E-state index contributed by atoms with van der Waals surface area (Å²) in [5, 5.41) is 18.4. The van der Waals surface area contributed by atoms with Crippen LogP contribution in [0.5, 0.6) is 0 Å². The second kappa shape index (κ2) is 7.72. The van der Waals surface area contributed by atoms with E-state index in [0.717, 1.165) is 31.0 Å². The number of hydrogen-bond acceptors (Lipinski definition) is 6. The van der Waals surface area contributed by atoms with E-state index in [2.05, 4.69) is 21.2 Å². The van der Waals surface area contributed by atoms with Crippen LogP contribution in [0.25, 0.3) is 0 Å². The lowest BCUT2D eigenvalue weighted by Gasteiger charge is -2.38. The molecule has 1 atom stereocenters. The Morgan fingerprint density at radius 2 is 2.12 bits per heavy atom. The first-order chi connectivity index (χ1) is 12.5. The summed E-state index contributed by atoms with van der Waals surface area (Å²) in [4.78, 5) is 17.0. The van der Waals surface area contributed by atoms with Crippen molar-refractivity contribution in [1.82, 2.24) is 24.6 Å². The van der Waals surface area contributed by atoms with Crippen molar-refractivity contribution < 1.29 is 9.53 Å². The molecule has 3 heterocycles. The standard InChI is InChI=1S/C18H28N6O2/c1-22(2)12-15-20-21-16(23(15)3)14-5-4-8-24(11-14)17(25)18(13-19)6-9-26-10-7-18/h14H,4-12H2,1-3H3. The van der Waals surface area contributed by atoms with Crippen molar-refractivity contribution in [3.63, 3.8) is 0 Å². The van der Waals surface area contributed by atoms with Crippen molar-refractivity contribution in [1.29, 1.82) is 5.26 Å². The number of aromatic nitrogens is 3. The molecule has 2 aliphatic rings. The third-order valence-electron chi connectivity index (χ3n) is 5.50. The van der Waals surface area contributed by atoms with Gasteiger partial charge < -0.3 is 19.1 Å². The number of nitriles is 1. The van der Waals surface area contributed by atoms with Gasteiger partial charge in [-0.1, -0.05) is 0 Å². The molecule has 0 aromatic carbocycles. The highest BCUT2D eigenvalue weighted by atomic mass is 16.5. The molecule has 8 heteroatoms. The molecule has 1 aromatic heterocycles. The van der Waals surface area contributed by atoms with Crippen molar-refractivity contribution in [2.24, 2.45) is 12.5 Å². The van der Waals surface area contributed by atoms with Gasteiger partial charge in [0.25, 0.3) is 0 Å². The third kappa shape index (κ3) is 3.60. The summed E-state index contributed by atoms with van der Waals surface area (Å²) < 4.78 is 7.41. The number of likely N-dealkylation sites (tertiary alicyclic amines) is 1. The molecule has 2 aliphatic heterocycles. The van der Waals surface area contributed by atoms with Gasteiger partial charge in [-0.2, -0.15) is 5.26 Å². The van der Waals surface area contributed by atoms with E-state index in [9.17, 15) is 10.1 Å². The predicted octanol–water partition coefficient (Wildman–Crippen LogP) is 0.903. The zero-order valence-electron chi connectivity index (χ0n) is 15.9. The number of piperidine rings is 1. The highest BCUT2D eigenvalue weighted by molar-refractivity contribution is 5.85. The van der Waals surface area contributed by atoms with Crippen molar-refractivity contribution in [3.05, 3.63) is 11.6 Å². The lowest BCUT2D eigenvalue weighted by Crippen LogP contribution is -2.49. The summed E-state index contributed by atoms with van der Waals surface area (Å²) in [5.74, 6) is 1.98. The van der Waals surface area contributed by atoms with Crippen molar-refractivity contribution in [2.45, 2.75) is 38.1 Å². The van der Waals surface area contributed by atoms with Gasteiger partial charge in [-0.05, 0) is 39.8 Å². The molecule has 0 bridgehead atoms. The number of carbonyl (C=O) groups is 1. The van der Waals surface area contributed by atoms with Crippen LogP contribution in [0, 0.1) is 16.7 Å². The van der Waals surface area contributed by atoms with Gasteiger partial charge in [0.05, 0.1) is 12.6 Å². The van der Waals surface area contributed by atoms with Crippen LogP contribution in [-0.4, -0.2) is 70.9 Å². The molecule has 1 aromatic rings. The van der Waals surface area contributed by atoms with Gasteiger partial charge in [-0.25, -0.2) is 0 Å². The number of carbonyl (C=O) groups excluding carboxylic acids is 1. The fourth-order valence-corrected chi connectivity index (χ4v) is 3.92. The first-order valence-corrected chi connectivity index (χ1v) is 9.28. The predicted molar refractivity (Wildman–Crippen MR) is 95.0 cm³/mol. The molecule has 0 aliphatic carbocycles. The number of amides is 1. The molecule has 0 spiro atoms. The lowest BCUT2D eigenvalue weighted by atomic mass is 9.79. The van der Waals surface area contributed by atoms with E-state index >= 15 is 0 Å². The molecule has 2 fully saturated rings. The minimum atomic E-state index is -0.921. The average Bonchev–Trinajstić information content (AvgIpc) is 3.01. The molecule has 26 heavy (non-hydrogen) atoms. The van der Waals surface area contributed by atoms with E-state index < -0.39 is 5.41 Å². The molecule has 142 valence electrons. The minimum Gasteiger partial charge on any atom is -0.381 e. The minimum absolute atomic E-state index is 0.0383. The SMILES string of the molecule is CN(C)Cc1nnc(C2CCCN(C(=O)C3(C#N)CCOCC3)C2)n1C. The normalized spacial score (nSPS) is 23.0. The molecular formula is C18H28N6O2. The van der Waals surface area contributed by atoms with Crippen LogP contribution >= 0.6 is 0 Å². The average molecular weight is 360 g/mol. The Hall–Kier alpha value is -1.98. The van der Waals surface area contributed by atoms with Gasteiger partial charge in [0, 0.05) is 39.3 Å². The molecule has 3 rings (SSSR count). The maximum absolute atomic E-state index is 13.1. The van der Waals surface area contributed by atoms with Gasteiger partial charge in [-0.3, -0.25) is 4.79 Å². The molecule has 0 N–H and O–H groups in total. The van der Waals surface area contributed by atoms with Crippen molar-refractivity contribution in [3.8, 4) is 6.07 Å². The van der Waals surface area contributed by atoms with Gasteiger partial charge in [-0.15, -0.1) is 10.2 Å². The lowest BCUT2D eigenvalue weighted by molar-refractivity contribution is -0.144. The van der Waals surface area contributed by atoms with Crippen LogP contribution in [0.2, 0.25) is 0 Å². The summed E-state index contributed by atoms with van der Waals surface area (Å²) in [7, 11) is 6.00. The van der Waals surface area contributed by atoms with E-state index in [0.29, 0.717) is 39.1 Å². The summed E-state index contributed by atoms with van der Waals surface area (Å²) in [6.45, 7) is 3.01. The van der Waals surface area contributed by atoms with Crippen LogP contribution < -0.4 is 0 Å². The first-order valence-electron chi connectivity index (χ1n) is 9.28. The molecule has 1 amide bonds. The van der Waals surface area contributed by atoms with E-state index in [1.54, 1.807) is 0 Å². The van der Waals surface area contributed by atoms with Crippen LogP contribution in [0.1, 0.15) is 43.3 Å². The van der Waals surface area contributed by atoms with Crippen LogP contribution in [0.3, 0.4) is 0 Å². The van der Waals surface area contributed by atoms with Gasteiger partial charge in [0.15, 0.2) is 0 Å². The maximum atomic E-state index is 13.1. The van der Waals surface area contributed by atoms with E-state index in [4.69, 9.17) is 4.74 Å². The zero-order valence-corrected chi connectivity index (χ0v) is 15.9. The van der Waals surface area contributed by atoms with Gasteiger partial charge in [0.1, 0.15) is 17.1 Å². The molecular weight excluding hydrogens is 332 g/mol. The van der Waals surface area contributed by atoms with E-state index in [1.165, 1.54) is 0 Å². The highest BCUT2D eigenvalue weighted by Crippen LogP contribution is 2.35. The number of hydrogen-bond donors (Lipinski definition) is 0. The van der Waals surface area contributed by atoms with Crippen molar-refractivity contribution in [2.75, 3.05) is 40.4 Å². The summed E-state index contributed by atoms with van der Waals surface area (Å²) in [6.07, 6.45) is 2.88. The highest BCUT2D eigenvalue weighted by Gasteiger charge is 2.44. The van der Waals surface area contributed by atoms with Gasteiger partial charge in [0.2, 0.25) is 5.91 Å². The summed E-state index contributed by atoms with van der Waals surface area (Å²) in [5.41, 5.74) is -0.921. The second-order valence-electron chi connectivity index (χ2n) is 7.67. The molecule has 8 nitrogen and oxygen atoms in total. The van der Waals surface area contributed by atoms with Crippen LogP contribution in [0.4, 0.5) is 0 Å². The Kier molecular flexibility index (Phi) is 5.58.